The summed E-state index contributed by atoms with van der Waals surface area (Å²) in [6.07, 6.45) is 0.909. The summed E-state index contributed by atoms with van der Waals surface area (Å²) in [4.78, 5) is 22.3. The first kappa shape index (κ1) is 11.9. The molecular formula is C7H11NO6S. The third-order valence-corrected chi connectivity index (χ3v) is 3.25. The molecule has 0 aromatic carbocycles. The Morgan fingerprint density at radius 2 is 1.40 bits per heavy atom. The van der Waals surface area contributed by atoms with Crippen molar-refractivity contribution in [2.24, 2.45) is 0 Å². The molecule has 0 aromatic heterocycles. The molecule has 86 valence electrons. The highest BCUT2D eigenvalue weighted by atomic mass is 32.2. The van der Waals surface area contributed by atoms with Gasteiger partial charge in [0.1, 0.15) is 0 Å². The van der Waals surface area contributed by atoms with Crippen LogP contribution in [0.2, 0.25) is 0 Å². The van der Waals surface area contributed by atoms with Crippen molar-refractivity contribution in [3.63, 3.8) is 0 Å². The lowest BCUT2D eigenvalue weighted by atomic mass is 10.3. The molecule has 0 N–H and O–H groups in total. The first-order chi connectivity index (χ1) is 6.84. The molecule has 1 aliphatic rings. The van der Waals surface area contributed by atoms with E-state index in [0.717, 1.165) is 24.8 Å². The van der Waals surface area contributed by atoms with Gasteiger partial charge in [-0.15, -0.1) is 0 Å². The summed E-state index contributed by atoms with van der Waals surface area (Å²) in [6.45, 7) is 0. The largest absolute Gasteiger partial charge is 0.468 e. The predicted octanol–water partition coefficient (Wildman–Crippen LogP) is -1.66. The van der Waals surface area contributed by atoms with Crippen molar-refractivity contribution in [1.82, 2.24) is 4.31 Å². The molecule has 0 radical (unpaired) electrons. The Morgan fingerprint density at radius 1 is 1.07 bits per heavy atom. The molecule has 2 unspecified atom stereocenters. The van der Waals surface area contributed by atoms with Crippen molar-refractivity contribution in [1.29, 1.82) is 0 Å². The van der Waals surface area contributed by atoms with Crippen LogP contribution in [-0.2, 0) is 29.1 Å². The van der Waals surface area contributed by atoms with Crippen LogP contribution >= 0.6 is 0 Å². The SMILES string of the molecule is COC(=O)C1C(C(=O)OC)N1S(C)(=O)=O. The highest BCUT2D eigenvalue weighted by molar-refractivity contribution is 7.88. The van der Waals surface area contributed by atoms with E-state index in [0.29, 0.717) is 0 Å². The van der Waals surface area contributed by atoms with Gasteiger partial charge in [-0.05, 0) is 0 Å². The van der Waals surface area contributed by atoms with Crippen molar-refractivity contribution >= 4 is 22.0 Å². The molecule has 7 nitrogen and oxygen atoms in total. The number of nitrogens with zero attached hydrogens (tertiary/aromatic N) is 1. The van der Waals surface area contributed by atoms with Crippen LogP contribution in [-0.4, -0.2) is 57.2 Å². The summed E-state index contributed by atoms with van der Waals surface area (Å²) >= 11 is 0. The van der Waals surface area contributed by atoms with Gasteiger partial charge in [-0.25, -0.2) is 8.42 Å². The van der Waals surface area contributed by atoms with E-state index in [4.69, 9.17) is 0 Å². The Bertz CT molecular complexity index is 366. The zero-order valence-corrected chi connectivity index (χ0v) is 9.28. The molecule has 0 saturated carbocycles. The van der Waals surface area contributed by atoms with Crippen LogP contribution < -0.4 is 0 Å². The summed E-state index contributed by atoms with van der Waals surface area (Å²) < 4.78 is 31.8. The number of ether oxygens (including phenoxy) is 2. The first-order valence-electron chi connectivity index (χ1n) is 3.98. The van der Waals surface area contributed by atoms with Crippen molar-refractivity contribution in [3.05, 3.63) is 0 Å². The van der Waals surface area contributed by atoms with Crippen molar-refractivity contribution in [2.45, 2.75) is 12.1 Å². The minimum absolute atomic E-state index is 0.755. The monoisotopic (exact) mass is 237 g/mol. The Hall–Kier alpha value is -1.15. The second kappa shape index (κ2) is 3.78. The van der Waals surface area contributed by atoms with Crippen molar-refractivity contribution < 1.29 is 27.5 Å². The number of esters is 2. The predicted molar refractivity (Wildman–Crippen MR) is 48.3 cm³/mol. The van der Waals surface area contributed by atoms with Crippen LogP contribution in [0, 0.1) is 0 Å². The Labute approximate surface area is 87.0 Å². The second-order valence-electron chi connectivity index (χ2n) is 3.03. The highest BCUT2D eigenvalue weighted by Crippen LogP contribution is 2.33. The van der Waals surface area contributed by atoms with Crippen LogP contribution in [0.25, 0.3) is 0 Å². The number of hydrogen-bond donors (Lipinski definition) is 0. The van der Waals surface area contributed by atoms with E-state index in [1.165, 1.54) is 0 Å². The molecule has 1 heterocycles. The number of sulfonamides is 1. The molecule has 1 rings (SSSR count). The summed E-state index contributed by atoms with van der Waals surface area (Å²) in [6, 6.07) is -2.17. The topological polar surface area (TPSA) is 89.8 Å². The molecule has 1 aliphatic heterocycles. The lowest BCUT2D eigenvalue weighted by Crippen LogP contribution is -2.18. The van der Waals surface area contributed by atoms with Gasteiger partial charge in [-0.3, -0.25) is 9.59 Å². The number of carbonyl (C=O) groups excluding carboxylic acids is 2. The van der Waals surface area contributed by atoms with Gasteiger partial charge < -0.3 is 9.47 Å². The van der Waals surface area contributed by atoms with Crippen molar-refractivity contribution in [3.8, 4) is 0 Å². The summed E-state index contributed by atoms with van der Waals surface area (Å²) in [5.41, 5.74) is 0. The zero-order valence-electron chi connectivity index (χ0n) is 8.46. The average Bonchev–Trinajstić information content (AvgIpc) is 2.89. The highest BCUT2D eigenvalue weighted by Gasteiger charge is 2.63. The minimum Gasteiger partial charge on any atom is -0.468 e. The molecule has 0 aliphatic carbocycles. The summed E-state index contributed by atoms with van der Waals surface area (Å²) in [5.74, 6) is -1.54. The first-order valence-corrected chi connectivity index (χ1v) is 5.83. The molecule has 8 heteroatoms. The molecular weight excluding hydrogens is 226 g/mol. The maximum atomic E-state index is 11.2. The Kier molecular flexibility index (Phi) is 3.00. The number of hydrogen-bond acceptors (Lipinski definition) is 6. The van der Waals surface area contributed by atoms with Crippen LogP contribution in [0.15, 0.2) is 0 Å². The third kappa shape index (κ3) is 2.10. The Morgan fingerprint density at radius 3 is 1.60 bits per heavy atom. The van der Waals surface area contributed by atoms with Gasteiger partial charge in [0.2, 0.25) is 10.0 Å². The standard InChI is InChI=1S/C7H11NO6S/c1-13-6(9)4-5(7(10)14-2)8(4)15(3,11)12/h4-5H,1-3H3. The van der Waals surface area contributed by atoms with E-state index in [-0.39, 0.29) is 0 Å². The molecule has 15 heavy (non-hydrogen) atoms. The average molecular weight is 237 g/mol. The fraction of sp³-hybridized carbons (Fsp3) is 0.714. The number of rotatable bonds is 3. The van der Waals surface area contributed by atoms with Gasteiger partial charge in [0.15, 0.2) is 12.1 Å². The fourth-order valence-electron chi connectivity index (χ4n) is 1.33. The lowest BCUT2D eigenvalue weighted by Gasteiger charge is -1.98. The quantitative estimate of drug-likeness (QED) is 0.431. The number of carbonyl (C=O) groups is 2. The van der Waals surface area contributed by atoms with Gasteiger partial charge in [0.25, 0.3) is 0 Å². The Balaban J connectivity index is 2.90. The van der Waals surface area contributed by atoms with Gasteiger partial charge >= 0.3 is 11.9 Å². The lowest BCUT2D eigenvalue weighted by molar-refractivity contribution is -0.144. The normalized spacial score (nSPS) is 29.4. The summed E-state index contributed by atoms with van der Waals surface area (Å²) in [5, 5.41) is 0. The zero-order chi connectivity index (χ0) is 11.8. The van der Waals surface area contributed by atoms with E-state index >= 15 is 0 Å². The van der Waals surface area contributed by atoms with E-state index in [9.17, 15) is 18.0 Å². The molecule has 0 spiro atoms. The van der Waals surface area contributed by atoms with Gasteiger partial charge in [-0.1, -0.05) is 0 Å². The number of methoxy groups -OCH3 is 2. The smallest absolute Gasteiger partial charge is 0.326 e. The van der Waals surface area contributed by atoms with Crippen LogP contribution in [0.1, 0.15) is 0 Å². The fourth-order valence-corrected chi connectivity index (χ4v) is 2.50. The third-order valence-electron chi connectivity index (χ3n) is 2.03. The molecule has 1 saturated heterocycles. The molecule has 0 bridgehead atoms. The van der Waals surface area contributed by atoms with Gasteiger partial charge in [-0.2, -0.15) is 4.31 Å². The minimum atomic E-state index is -3.61. The summed E-state index contributed by atoms with van der Waals surface area (Å²) in [7, 11) is -1.37. The van der Waals surface area contributed by atoms with E-state index in [1.54, 1.807) is 0 Å². The molecule has 1 fully saturated rings. The van der Waals surface area contributed by atoms with Crippen LogP contribution in [0.4, 0.5) is 0 Å². The van der Waals surface area contributed by atoms with E-state index < -0.39 is 34.0 Å². The van der Waals surface area contributed by atoms with Crippen molar-refractivity contribution in [2.75, 3.05) is 20.5 Å². The molecule has 0 aromatic rings. The van der Waals surface area contributed by atoms with E-state index in [1.807, 2.05) is 0 Å². The van der Waals surface area contributed by atoms with Gasteiger partial charge in [0.05, 0.1) is 20.5 Å². The van der Waals surface area contributed by atoms with Gasteiger partial charge in [0, 0.05) is 0 Å². The maximum absolute atomic E-state index is 11.2. The van der Waals surface area contributed by atoms with Crippen LogP contribution in [0.3, 0.4) is 0 Å². The maximum Gasteiger partial charge on any atom is 0.326 e. The molecule has 2 atom stereocenters. The van der Waals surface area contributed by atoms with Crippen LogP contribution in [0.5, 0.6) is 0 Å². The molecule has 0 amide bonds. The second-order valence-corrected chi connectivity index (χ2v) is 4.92. The van der Waals surface area contributed by atoms with E-state index in [2.05, 4.69) is 9.47 Å².